The third-order valence-corrected chi connectivity index (χ3v) is 3.81. The third kappa shape index (κ3) is 3.30. The van der Waals surface area contributed by atoms with E-state index in [4.69, 9.17) is 5.73 Å². The minimum absolute atomic E-state index is 0.0144. The number of benzene rings is 2. The van der Waals surface area contributed by atoms with Crippen LogP contribution < -0.4 is 11.4 Å². The number of halogens is 4. The van der Waals surface area contributed by atoms with E-state index >= 15 is 0 Å². The molecule has 3 aromatic rings. The first-order chi connectivity index (χ1) is 12.2. The molecule has 0 saturated heterocycles. The van der Waals surface area contributed by atoms with Crippen LogP contribution in [0.1, 0.15) is 16.7 Å². The number of tetrazole rings is 1. The Morgan fingerprint density at radius 3 is 2.50 bits per heavy atom. The maximum Gasteiger partial charge on any atom is 0.416 e. The predicted octanol–water partition coefficient (Wildman–Crippen LogP) is 2.53. The summed E-state index contributed by atoms with van der Waals surface area (Å²) in [5, 5.41) is 7.10. The molecule has 0 amide bonds. The van der Waals surface area contributed by atoms with Crippen molar-refractivity contribution >= 4 is 5.69 Å². The number of rotatable bonds is 3. The van der Waals surface area contributed by atoms with Crippen LogP contribution in [0, 0.1) is 12.7 Å². The zero-order valence-electron chi connectivity index (χ0n) is 13.5. The van der Waals surface area contributed by atoms with E-state index in [1.165, 1.54) is 0 Å². The van der Waals surface area contributed by atoms with Gasteiger partial charge in [0.1, 0.15) is 11.5 Å². The number of aryl methyl sites for hydroxylation is 1. The van der Waals surface area contributed by atoms with Crippen LogP contribution in [0.15, 0.2) is 41.2 Å². The summed E-state index contributed by atoms with van der Waals surface area (Å²) >= 11 is 0. The van der Waals surface area contributed by atoms with E-state index in [0.29, 0.717) is 34.1 Å². The summed E-state index contributed by atoms with van der Waals surface area (Å²) in [5.41, 5.74) is 5.21. The quantitative estimate of drug-likeness (QED) is 0.570. The van der Waals surface area contributed by atoms with Crippen molar-refractivity contribution in [2.45, 2.75) is 19.6 Å². The first-order valence-corrected chi connectivity index (χ1v) is 7.42. The number of alkyl halides is 3. The molecule has 0 aliphatic carbocycles. The maximum atomic E-state index is 13.9. The second kappa shape index (κ2) is 6.28. The molecule has 0 aliphatic rings. The van der Waals surface area contributed by atoms with Gasteiger partial charge in [0.05, 0.1) is 12.1 Å². The van der Waals surface area contributed by atoms with Crippen molar-refractivity contribution in [3.05, 3.63) is 69.4 Å². The van der Waals surface area contributed by atoms with Gasteiger partial charge in [-0.2, -0.15) is 22.5 Å². The Bertz CT molecular complexity index is 1020. The molecule has 0 saturated carbocycles. The van der Waals surface area contributed by atoms with Gasteiger partial charge in [-0.25, -0.2) is 9.18 Å². The maximum absolute atomic E-state index is 13.9. The Morgan fingerprint density at radius 2 is 1.85 bits per heavy atom. The van der Waals surface area contributed by atoms with E-state index in [2.05, 4.69) is 10.4 Å². The van der Waals surface area contributed by atoms with Crippen LogP contribution >= 0.6 is 0 Å². The number of hydrogen-bond acceptors (Lipinski definition) is 4. The highest BCUT2D eigenvalue weighted by Crippen LogP contribution is 2.30. The van der Waals surface area contributed by atoms with Crippen LogP contribution in [0.4, 0.5) is 23.2 Å². The predicted molar refractivity (Wildman–Crippen MR) is 85.3 cm³/mol. The molecule has 2 N–H and O–H groups in total. The monoisotopic (exact) mass is 367 g/mol. The Kier molecular flexibility index (Phi) is 4.26. The van der Waals surface area contributed by atoms with E-state index in [0.717, 1.165) is 10.2 Å². The molecule has 1 aromatic heterocycles. The average Bonchev–Trinajstić information content (AvgIpc) is 2.91. The molecule has 0 unspecified atom stereocenters. The van der Waals surface area contributed by atoms with Crippen molar-refractivity contribution in [3.8, 4) is 5.69 Å². The largest absolute Gasteiger partial charge is 0.416 e. The molecular weight excluding hydrogens is 354 g/mol. The summed E-state index contributed by atoms with van der Waals surface area (Å²) in [7, 11) is 0. The normalized spacial score (nSPS) is 11.7. The number of anilines is 1. The van der Waals surface area contributed by atoms with Crippen molar-refractivity contribution < 1.29 is 17.6 Å². The van der Waals surface area contributed by atoms with Crippen molar-refractivity contribution in [3.63, 3.8) is 0 Å². The number of hydrogen-bond donors (Lipinski definition) is 1. The molecule has 0 bridgehead atoms. The lowest BCUT2D eigenvalue weighted by molar-refractivity contribution is -0.137. The molecule has 0 atom stereocenters. The minimum Gasteiger partial charge on any atom is -0.399 e. The Hall–Kier alpha value is -3.17. The van der Waals surface area contributed by atoms with Gasteiger partial charge < -0.3 is 5.73 Å². The highest BCUT2D eigenvalue weighted by atomic mass is 19.4. The van der Waals surface area contributed by atoms with Crippen LogP contribution in [-0.2, 0) is 12.7 Å². The van der Waals surface area contributed by atoms with Crippen LogP contribution in [0.3, 0.4) is 0 Å². The molecule has 1 heterocycles. The Labute approximate surface area is 144 Å². The van der Waals surface area contributed by atoms with Gasteiger partial charge in [-0.1, -0.05) is 12.1 Å². The highest BCUT2D eigenvalue weighted by molar-refractivity contribution is 5.47. The van der Waals surface area contributed by atoms with E-state index in [-0.39, 0.29) is 6.54 Å². The van der Waals surface area contributed by atoms with E-state index in [1.54, 1.807) is 25.1 Å². The topological polar surface area (TPSA) is 78.7 Å². The van der Waals surface area contributed by atoms with Crippen LogP contribution in [0.5, 0.6) is 0 Å². The Balaban J connectivity index is 1.99. The molecular formula is C16H13F4N5O. The summed E-state index contributed by atoms with van der Waals surface area (Å²) in [6.07, 6.45) is -4.68. The number of nitrogen functional groups attached to an aromatic ring is 1. The second-order valence-electron chi connectivity index (χ2n) is 5.69. The van der Waals surface area contributed by atoms with Crippen LogP contribution in [0.2, 0.25) is 0 Å². The molecule has 2 aromatic carbocycles. The summed E-state index contributed by atoms with van der Waals surface area (Å²) in [6, 6.07) is 6.82. The third-order valence-electron chi connectivity index (χ3n) is 3.81. The van der Waals surface area contributed by atoms with Gasteiger partial charge in [-0.3, -0.25) is 0 Å². The molecule has 0 spiro atoms. The zero-order valence-corrected chi connectivity index (χ0v) is 13.5. The molecule has 136 valence electrons. The van der Waals surface area contributed by atoms with Gasteiger partial charge in [0, 0.05) is 5.69 Å². The summed E-state index contributed by atoms with van der Waals surface area (Å²) in [5.74, 6) is -1.02. The minimum atomic E-state index is -4.68. The lowest BCUT2D eigenvalue weighted by atomic mass is 10.1. The highest BCUT2D eigenvalue weighted by Gasteiger charge is 2.31. The SMILES string of the molecule is Cc1cc(Cn2nnn(-c3cc(C(F)(F)F)ccc3F)c2=O)ccc1N. The second-order valence-corrected chi connectivity index (χ2v) is 5.69. The van der Waals surface area contributed by atoms with Gasteiger partial charge in [0.25, 0.3) is 0 Å². The standard InChI is InChI=1S/C16H13F4N5O/c1-9-6-10(2-5-13(9)21)8-24-15(26)25(23-22-24)14-7-11(16(18,19)20)3-4-12(14)17/h2-7H,8,21H2,1H3. The van der Waals surface area contributed by atoms with Gasteiger partial charge in [0.2, 0.25) is 0 Å². The number of aromatic nitrogens is 4. The van der Waals surface area contributed by atoms with Crippen molar-refractivity contribution in [1.29, 1.82) is 0 Å². The molecule has 3 rings (SSSR count). The molecule has 26 heavy (non-hydrogen) atoms. The van der Waals surface area contributed by atoms with Crippen molar-refractivity contribution in [1.82, 2.24) is 19.8 Å². The molecule has 0 radical (unpaired) electrons. The van der Waals surface area contributed by atoms with E-state index < -0.39 is 28.9 Å². The van der Waals surface area contributed by atoms with Crippen LogP contribution in [0.25, 0.3) is 5.69 Å². The summed E-state index contributed by atoms with van der Waals surface area (Å²) in [6.45, 7) is 1.80. The molecule has 0 aliphatic heterocycles. The van der Waals surface area contributed by atoms with Gasteiger partial charge in [0.15, 0.2) is 0 Å². The number of nitrogens with two attached hydrogens (primary N) is 1. The number of nitrogens with zero attached hydrogens (tertiary/aromatic N) is 4. The fraction of sp³-hybridized carbons (Fsp3) is 0.188. The average molecular weight is 367 g/mol. The summed E-state index contributed by atoms with van der Waals surface area (Å²) < 4.78 is 53.8. The molecule has 0 fully saturated rings. The van der Waals surface area contributed by atoms with E-state index in [9.17, 15) is 22.4 Å². The van der Waals surface area contributed by atoms with Gasteiger partial charge in [-0.15, -0.1) is 0 Å². The molecule has 6 nitrogen and oxygen atoms in total. The Morgan fingerprint density at radius 1 is 1.12 bits per heavy atom. The first kappa shape index (κ1) is 17.6. The first-order valence-electron chi connectivity index (χ1n) is 7.42. The van der Waals surface area contributed by atoms with Crippen molar-refractivity contribution in [2.24, 2.45) is 0 Å². The molecule has 10 heteroatoms. The van der Waals surface area contributed by atoms with E-state index in [1.807, 2.05) is 0 Å². The zero-order chi connectivity index (χ0) is 19.1. The summed E-state index contributed by atoms with van der Waals surface area (Å²) in [4.78, 5) is 12.4. The van der Waals surface area contributed by atoms with Crippen LogP contribution in [-0.4, -0.2) is 19.8 Å². The van der Waals surface area contributed by atoms with Gasteiger partial charge >= 0.3 is 11.9 Å². The van der Waals surface area contributed by atoms with Gasteiger partial charge in [-0.05, 0) is 52.7 Å². The fourth-order valence-electron chi connectivity index (χ4n) is 2.39. The smallest absolute Gasteiger partial charge is 0.399 e. The lowest BCUT2D eigenvalue weighted by Crippen LogP contribution is -2.25. The lowest BCUT2D eigenvalue weighted by Gasteiger charge is -2.08. The van der Waals surface area contributed by atoms with Crippen molar-refractivity contribution in [2.75, 3.05) is 5.73 Å². The fourth-order valence-corrected chi connectivity index (χ4v) is 2.39.